The highest BCUT2D eigenvalue weighted by molar-refractivity contribution is 6.03. The molecular weight excluding hydrogens is 451 g/mol. The van der Waals surface area contributed by atoms with Crippen LogP contribution in [-0.2, 0) is 9.53 Å². The number of carbonyl (C=O) groups excluding carboxylic acids is 1. The van der Waals surface area contributed by atoms with E-state index in [9.17, 15) is 9.18 Å². The number of aldehydes is 1. The minimum absolute atomic E-state index is 0.0457. The maximum atomic E-state index is 14.7. The van der Waals surface area contributed by atoms with E-state index in [1.54, 1.807) is 12.1 Å². The number of methoxy groups -OCH3 is 1. The molecule has 35 heavy (non-hydrogen) atoms. The Labute approximate surface area is 201 Å². The second kappa shape index (κ2) is 10.2. The quantitative estimate of drug-likeness (QED) is 0.306. The Morgan fingerprint density at radius 3 is 2.69 bits per heavy atom. The van der Waals surface area contributed by atoms with Gasteiger partial charge < -0.3 is 23.4 Å². The largest absolute Gasteiger partial charge is 0.494 e. The van der Waals surface area contributed by atoms with Crippen LogP contribution in [-0.4, -0.2) is 42.2 Å². The average molecular weight is 477 g/mol. The topological polar surface area (TPSA) is 83.7 Å². The molecule has 0 saturated heterocycles. The molecule has 7 nitrogen and oxygen atoms in total. The van der Waals surface area contributed by atoms with Gasteiger partial charge in [0.05, 0.1) is 13.2 Å². The van der Waals surface area contributed by atoms with Gasteiger partial charge in [-0.25, -0.2) is 14.4 Å². The number of halogens is 1. The lowest BCUT2D eigenvalue weighted by Gasteiger charge is -2.28. The van der Waals surface area contributed by atoms with Crippen LogP contribution in [0.4, 0.5) is 4.39 Å². The van der Waals surface area contributed by atoms with Crippen LogP contribution in [0.3, 0.4) is 0 Å². The van der Waals surface area contributed by atoms with Gasteiger partial charge in [-0.15, -0.1) is 0 Å². The van der Waals surface area contributed by atoms with Crippen molar-refractivity contribution < 1.29 is 27.8 Å². The number of ether oxygens (including phenoxy) is 3. The highest BCUT2D eigenvalue weighted by atomic mass is 19.1. The Kier molecular flexibility index (Phi) is 6.72. The maximum Gasteiger partial charge on any atom is 0.234 e. The van der Waals surface area contributed by atoms with Crippen LogP contribution in [0.1, 0.15) is 25.7 Å². The number of benzene rings is 2. The predicted molar refractivity (Wildman–Crippen MR) is 128 cm³/mol. The predicted octanol–water partition coefficient (Wildman–Crippen LogP) is 5.61. The van der Waals surface area contributed by atoms with E-state index in [1.807, 2.05) is 30.3 Å². The Hall–Kier alpha value is -3.78. The molecule has 0 aliphatic heterocycles. The van der Waals surface area contributed by atoms with Crippen LogP contribution < -0.4 is 9.47 Å². The van der Waals surface area contributed by atoms with Gasteiger partial charge in [0, 0.05) is 17.5 Å². The normalized spacial score (nSPS) is 17.9. The summed E-state index contributed by atoms with van der Waals surface area (Å²) >= 11 is 0. The van der Waals surface area contributed by atoms with Crippen molar-refractivity contribution in [2.75, 3.05) is 13.7 Å². The summed E-state index contributed by atoms with van der Waals surface area (Å²) in [5.41, 5.74) is 2.41. The third kappa shape index (κ3) is 4.74. The van der Waals surface area contributed by atoms with Gasteiger partial charge in [-0.3, -0.25) is 0 Å². The zero-order valence-corrected chi connectivity index (χ0v) is 19.3. The molecule has 0 spiro atoms. The summed E-state index contributed by atoms with van der Waals surface area (Å²) in [5, 5.41) is 0.576. The maximum absolute atomic E-state index is 14.7. The monoisotopic (exact) mass is 476 g/mol. The van der Waals surface area contributed by atoms with Crippen LogP contribution in [0.15, 0.2) is 59.3 Å². The summed E-state index contributed by atoms with van der Waals surface area (Å²) in [7, 11) is 1.43. The van der Waals surface area contributed by atoms with Crippen LogP contribution in [0.5, 0.6) is 11.6 Å². The highest BCUT2D eigenvalue weighted by Crippen LogP contribution is 2.44. The summed E-state index contributed by atoms with van der Waals surface area (Å²) in [6, 6.07) is 14.3. The summed E-state index contributed by atoms with van der Waals surface area (Å²) < 4.78 is 38.0. The molecule has 2 unspecified atom stereocenters. The van der Waals surface area contributed by atoms with E-state index in [0.29, 0.717) is 40.3 Å². The number of rotatable bonds is 8. The third-order valence-electron chi connectivity index (χ3n) is 6.19. The molecule has 0 radical (unpaired) electrons. The molecule has 8 heteroatoms. The molecule has 2 aromatic carbocycles. The van der Waals surface area contributed by atoms with Gasteiger partial charge in [-0.2, -0.15) is 0 Å². The number of fused-ring (bicyclic) bond motifs is 1. The molecule has 180 valence electrons. The third-order valence-corrected chi connectivity index (χ3v) is 6.19. The van der Waals surface area contributed by atoms with E-state index in [2.05, 4.69) is 9.97 Å². The molecule has 1 aliphatic carbocycles. The first-order valence-electron chi connectivity index (χ1n) is 11.6. The molecule has 1 saturated carbocycles. The Balaban J connectivity index is 1.60. The van der Waals surface area contributed by atoms with Crippen molar-refractivity contribution in [2.45, 2.75) is 37.9 Å². The van der Waals surface area contributed by atoms with E-state index in [-0.39, 0.29) is 24.6 Å². The molecule has 1 fully saturated rings. The Morgan fingerprint density at radius 1 is 1.09 bits per heavy atom. The standard InChI is InChI=1S/C27H25FN2O5/c1-32-22-11-10-18(14-21(22)28)23-24-26(34-20-9-5-8-19(15-20)33-13-12-31)29-16-30-27(24)35-25(23)17-6-3-2-4-7-17/h2-4,6-7,10-12,14,16,19-20H,5,8-9,13,15H2,1H3. The lowest BCUT2D eigenvalue weighted by atomic mass is 9.94. The van der Waals surface area contributed by atoms with Crippen LogP contribution >= 0.6 is 0 Å². The van der Waals surface area contributed by atoms with E-state index >= 15 is 0 Å². The minimum atomic E-state index is -0.486. The van der Waals surface area contributed by atoms with Gasteiger partial charge in [0.25, 0.3) is 0 Å². The number of hydrogen-bond donors (Lipinski definition) is 0. The van der Waals surface area contributed by atoms with Crippen molar-refractivity contribution in [3.8, 4) is 34.1 Å². The first-order valence-corrected chi connectivity index (χ1v) is 11.6. The molecule has 2 aromatic heterocycles. The second-order valence-electron chi connectivity index (χ2n) is 8.41. The number of aromatic nitrogens is 2. The molecule has 0 amide bonds. The molecular formula is C27H25FN2O5. The number of furan rings is 1. The second-order valence-corrected chi connectivity index (χ2v) is 8.41. The minimum Gasteiger partial charge on any atom is -0.494 e. The molecule has 0 bridgehead atoms. The molecule has 1 aliphatic rings. The first-order chi connectivity index (χ1) is 17.2. The van der Waals surface area contributed by atoms with Crippen molar-refractivity contribution in [1.29, 1.82) is 0 Å². The molecule has 4 aromatic rings. The van der Waals surface area contributed by atoms with Crippen LogP contribution in [0, 0.1) is 5.82 Å². The van der Waals surface area contributed by atoms with Crippen molar-refractivity contribution in [1.82, 2.24) is 9.97 Å². The van der Waals surface area contributed by atoms with Crippen molar-refractivity contribution in [3.63, 3.8) is 0 Å². The SMILES string of the molecule is COc1ccc(-c2c(-c3ccccc3)oc3ncnc(OC4CCCC(OCC=O)C4)c23)cc1F. The van der Waals surface area contributed by atoms with Crippen LogP contribution in [0.2, 0.25) is 0 Å². The van der Waals surface area contributed by atoms with Gasteiger partial charge >= 0.3 is 0 Å². The Morgan fingerprint density at radius 2 is 1.91 bits per heavy atom. The fraction of sp³-hybridized carbons (Fsp3) is 0.296. The van der Waals surface area contributed by atoms with Crippen molar-refractivity contribution in [3.05, 3.63) is 60.7 Å². The molecule has 2 heterocycles. The van der Waals surface area contributed by atoms with Crippen LogP contribution in [0.25, 0.3) is 33.6 Å². The number of nitrogens with zero attached hydrogens (tertiary/aromatic N) is 2. The van der Waals surface area contributed by atoms with E-state index in [1.165, 1.54) is 19.5 Å². The highest BCUT2D eigenvalue weighted by Gasteiger charge is 2.28. The lowest BCUT2D eigenvalue weighted by Crippen LogP contribution is -2.30. The summed E-state index contributed by atoms with van der Waals surface area (Å²) in [4.78, 5) is 19.5. The van der Waals surface area contributed by atoms with Gasteiger partial charge in [0.15, 0.2) is 11.6 Å². The fourth-order valence-corrected chi connectivity index (χ4v) is 4.58. The molecule has 0 N–H and O–H groups in total. The van der Waals surface area contributed by atoms with Crippen molar-refractivity contribution in [2.24, 2.45) is 0 Å². The zero-order valence-electron chi connectivity index (χ0n) is 19.3. The Bertz CT molecular complexity index is 1320. The first kappa shape index (κ1) is 23.0. The summed E-state index contributed by atoms with van der Waals surface area (Å²) in [5.74, 6) is 0.582. The van der Waals surface area contributed by atoms with Gasteiger partial charge in [0.2, 0.25) is 11.6 Å². The van der Waals surface area contributed by atoms with E-state index in [0.717, 1.165) is 31.1 Å². The average Bonchev–Trinajstić information content (AvgIpc) is 3.29. The van der Waals surface area contributed by atoms with Gasteiger partial charge in [0.1, 0.15) is 36.5 Å². The number of hydrogen-bond acceptors (Lipinski definition) is 7. The molecule has 2 atom stereocenters. The lowest BCUT2D eigenvalue weighted by molar-refractivity contribution is -0.115. The fourth-order valence-electron chi connectivity index (χ4n) is 4.58. The van der Waals surface area contributed by atoms with Gasteiger partial charge in [-0.05, 0) is 37.0 Å². The summed E-state index contributed by atoms with van der Waals surface area (Å²) in [6.07, 6.45) is 5.25. The zero-order chi connectivity index (χ0) is 24.2. The number of carbonyl (C=O) groups is 1. The smallest absolute Gasteiger partial charge is 0.234 e. The summed E-state index contributed by atoms with van der Waals surface area (Å²) in [6.45, 7) is 0.0739. The van der Waals surface area contributed by atoms with Gasteiger partial charge in [-0.1, -0.05) is 36.4 Å². The van der Waals surface area contributed by atoms with Crippen molar-refractivity contribution >= 4 is 17.4 Å². The molecule has 5 rings (SSSR count). The van der Waals surface area contributed by atoms with E-state index < -0.39 is 5.82 Å². The van der Waals surface area contributed by atoms with E-state index in [4.69, 9.17) is 18.6 Å².